The fourth-order valence-corrected chi connectivity index (χ4v) is 4.19. The first-order chi connectivity index (χ1) is 14.6. The van der Waals surface area contributed by atoms with Gasteiger partial charge in [0.15, 0.2) is 5.13 Å². The molecule has 0 aliphatic rings. The molecule has 0 unspecified atom stereocenters. The lowest BCUT2D eigenvalue weighted by Crippen LogP contribution is -1.97. The van der Waals surface area contributed by atoms with Crippen LogP contribution in [0.1, 0.15) is 27.4 Å². The van der Waals surface area contributed by atoms with Crippen molar-refractivity contribution in [1.82, 2.24) is 14.5 Å². The van der Waals surface area contributed by atoms with Crippen LogP contribution in [0.3, 0.4) is 0 Å². The number of imidazole rings is 1. The Balaban J connectivity index is 1.53. The van der Waals surface area contributed by atoms with E-state index in [0.29, 0.717) is 5.56 Å². The minimum absolute atomic E-state index is 0.672. The summed E-state index contributed by atoms with van der Waals surface area (Å²) in [5.41, 5.74) is 5.63. The third-order valence-corrected chi connectivity index (χ3v) is 5.83. The molecule has 6 nitrogen and oxygen atoms in total. The summed E-state index contributed by atoms with van der Waals surface area (Å²) in [5.74, 6) is 0.753. The van der Waals surface area contributed by atoms with Crippen LogP contribution in [0, 0.1) is 25.2 Å². The molecule has 0 saturated heterocycles. The van der Waals surface area contributed by atoms with Crippen LogP contribution in [0.15, 0.2) is 55.0 Å². The van der Waals surface area contributed by atoms with Crippen LogP contribution < -0.4 is 10.1 Å². The number of rotatable bonds is 6. The standard InChI is InChI=1S/C23H21N5OS/c1-15-13-28(14-25-15)20-9-8-19(11-21(20)29-3)27-23-26-16(2)22(30-23)10-17-4-6-18(12-24)7-5-17/h4-9,11,13-14H,10H2,1-3H3,(H,26,27). The van der Waals surface area contributed by atoms with Crippen molar-refractivity contribution < 1.29 is 4.74 Å². The average Bonchev–Trinajstić information content (AvgIpc) is 3.33. The molecule has 0 radical (unpaired) electrons. The van der Waals surface area contributed by atoms with Crippen molar-refractivity contribution in [3.8, 4) is 17.5 Å². The fraction of sp³-hybridized carbons (Fsp3) is 0.174. The van der Waals surface area contributed by atoms with Crippen molar-refractivity contribution in [3.63, 3.8) is 0 Å². The van der Waals surface area contributed by atoms with E-state index in [4.69, 9.17) is 10.00 Å². The predicted molar refractivity (Wildman–Crippen MR) is 119 cm³/mol. The molecular weight excluding hydrogens is 394 g/mol. The minimum atomic E-state index is 0.672. The minimum Gasteiger partial charge on any atom is -0.494 e. The lowest BCUT2D eigenvalue weighted by Gasteiger charge is -2.11. The van der Waals surface area contributed by atoms with Gasteiger partial charge in [0.05, 0.1) is 42.1 Å². The van der Waals surface area contributed by atoms with Crippen LogP contribution in [0.5, 0.6) is 5.75 Å². The van der Waals surface area contributed by atoms with E-state index in [9.17, 15) is 0 Å². The summed E-state index contributed by atoms with van der Waals surface area (Å²) in [5, 5.41) is 13.2. The van der Waals surface area contributed by atoms with Gasteiger partial charge in [-0.25, -0.2) is 9.97 Å². The Morgan fingerprint density at radius 3 is 2.63 bits per heavy atom. The number of hydrogen-bond acceptors (Lipinski definition) is 6. The van der Waals surface area contributed by atoms with E-state index in [1.807, 2.05) is 67.1 Å². The largest absolute Gasteiger partial charge is 0.494 e. The second-order valence-corrected chi connectivity index (χ2v) is 8.03. The summed E-state index contributed by atoms with van der Waals surface area (Å²) >= 11 is 1.63. The smallest absolute Gasteiger partial charge is 0.187 e. The topological polar surface area (TPSA) is 75.8 Å². The Hall–Kier alpha value is -3.63. The van der Waals surface area contributed by atoms with Gasteiger partial charge >= 0.3 is 0 Å². The summed E-state index contributed by atoms with van der Waals surface area (Å²) in [4.78, 5) is 10.2. The van der Waals surface area contributed by atoms with Gasteiger partial charge in [-0.3, -0.25) is 0 Å². The van der Waals surface area contributed by atoms with E-state index >= 15 is 0 Å². The molecule has 0 fully saturated rings. The molecule has 0 aliphatic carbocycles. The number of ether oxygens (including phenoxy) is 1. The molecule has 0 atom stereocenters. The van der Waals surface area contributed by atoms with Crippen LogP contribution in [0.25, 0.3) is 5.69 Å². The van der Waals surface area contributed by atoms with Crippen LogP contribution in [0.2, 0.25) is 0 Å². The van der Waals surface area contributed by atoms with Crippen LogP contribution in [-0.2, 0) is 6.42 Å². The summed E-state index contributed by atoms with van der Waals surface area (Å²) in [7, 11) is 1.66. The molecule has 150 valence electrons. The van der Waals surface area contributed by atoms with Gasteiger partial charge in [-0.15, -0.1) is 11.3 Å². The SMILES string of the molecule is COc1cc(Nc2nc(C)c(Cc3ccc(C#N)cc3)s2)ccc1-n1cnc(C)c1. The number of methoxy groups -OCH3 is 1. The van der Waals surface area contributed by atoms with E-state index in [-0.39, 0.29) is 0 Å². The van der Waals surface area contributed by atoms with Gasteiger partial charge in [0.25, 0.3) is 0 Å². The number of thiazole rings is 1. The zero-order chi connectivity index (χ0) is 21.1. The van der Waals surface area contributed by atoms with Crippen molar-refractivity contribution in [1.29, 1.82) is 5.26 Å². The molecule has 4 rings (SSSR count). The molecule has 7 heteroatoms. The van der Waals surface area contributed by atoms with Gasteiger partial charge in [-0.05, 0) is 43.7 Å². The first-order valence-electron chi connectivity index (χ1n) is 9.47. The summed E-state index contributed by atoms with van der Waals surface area (Å²) in [6.07, 6.45) is 4.53. The second kappa shape index (κ2) is 8.39. The molecule has 4 aromatic rings. The van der Waals surface area contributed by atoms with E-state index in [2.05, 4.69) is 21.4 Å². The Morgan fingerprint density at radius 1 is 1.17 bits per heavy atom. The van der Waals surface area contributed by atoms with Gasteiger partial charge in [-0.1, -0.05) is 12.1 Å². The lowest BCUT2D eigenvalue weighted by atomic mass is 10.1. The summed E-state index contributed by atoms with van der Waals surface area (Å²) < 4.78 is 7.53. The highest BCUT2D eigenvalue weighted by Crippen LogP contribution is 2.31. The monoisotopic (exact) mass is 415 g/mol. The van der Waals surface area contributed by atoms with Crippen LogP contribution in [0.4, 0.5) is 10.8 Å². The van der Waals surface area contributed by atoms with E-state index in [0.717, 1.165) is 45.6 Å². The van der Waals surface area contributed by atoms with Crippen molar-refractivity contribution in [2.75, 3.05) is 12.4 Å². The van der Waals surface area contributed by atoms with Crippen molar-refractivity contribution in [2.45, 2.75) is 20.3 Å². The van der Waals surface area contributed by atoms with E-state index in [1.165, 1.54) is 4.88 Å². The molecule has 0 spiro atoms. The Morgan fingerprint density at radius 2 is 1.97 bits per heavy atom. The second-order valence-electron chi connectivity index (χ2n) is 6.95. The van der Waals surface area contributed by atoms with Gasteiger partial charge < -0.3 is 14.6 Å². The third kappa shape index (κ3) is 4.19. The molecule has 0 saturated carbocycles. The van der Waals surface area contributed by atoms with Crippen LogP contribution in [-0.4, -0.2) is 21.6 Å². The van der Waals surface area contributed by atoms with Gasteiger partial charge in [0.2, 0.25) is 0 Å². The van der Waals surface area contributed by atoms with E-state index in [1.54, 1.807) is 24.8 Å². The van der Waals surface area contributed by atoms with Gasteiger partial charge in [0, 0.05) is 29.2 Å². The number of hydrogen-bond donors (Lipinski definition) is 1. The average molecular weight is 416 g/mol. The number of benzene rings is 2. The van der Waals surface area contributed by atoms with Crippen molar-refractivity contribution >= 4 is 22.2 Å². The summed E-state index contributed by atoms with van der Waals surface area (Å²) in [6.45, 7) is 3.98. The third-order valence-electron chi connectivity index (χ3n) is 4.76. The molecule has 2 aromatic heterocycles. The van der Waals surface area contributed by atoms with Crippen LogP contribution >= 0.6 is 11.3 Å². The Labute approximate surface area is 179 Å². The van der Waals surface area contributed by atoms with Crippen molar-refractivity contribution in [3.05, 3.63) is 82.4 Å². The number of aromatic nitrogens is 3. The molecule has 0 amide bonds. The highest BCUT2D eigenvalue weighted by molar-refractivity contribution is 7.15. The first kappa shape index (κ1) is 19.7. The lowest BCUT2D eigenvalue weighted by molar-refractivity contribution is 0.413. The Kier molecular flexibility index (Phi) is 5.50. The maximum Gasteiger partial charge on any atom is 0.187 e. The molecule has 30 heavy (non-hydrogen) atoms. The quantitative estimate of drug-likeness (QED) is 0.471. The molecule has 2 heterocycles. The first-order valence-corrected chi connectivity index (χ1v) is 10.3. The number of aryl methyl sites for hydroxylation is 2. The maximum absolute atomic E-state index is 8.95. The number of nitrogens with zero attached hydrogens (tertiary/aromatic N) is 4. The molecule has 2 aromatic carbocycles. The molecule has 1 N–H and O–H groups in total. The zero-order valence-electron chi connectivity index (χ0n) is 17.0. The highest BCUT2D eigenvalue weighted by atomic mass is 32.1. The van der Waals surface area contributed by atoms with E-state index < -0.39 is 0 Å². The highest BCUT2D eigenvalue weighted by Gasteiger charge is 2.11. The predicted octanol–water partition coefficient (Wildman–Crippen LogP) is 5.16. The zero-order valence-corrected chi connectivity index (χ0v) is 17.8. The molecule has 0 aliphatic heterocycles. The fourth-order valence-electron chi connectivity index (χ4n) is 3.17. The maximum atomic E-state index is 8.95. The van der Waals surface area contributed by atoms with Gasteiger partial charge in [0.1, 0.15) is 5.75 Å². The normalized spacial score (nSPS) is 10.6. The number of nitrogens with one attached hydrogen (secondary N) is 1. The molecule has 0 bridgehead atoms. The summed E-state index contributed by atoms with van der Waals surface area (Å²) in [6, 6.07) is 15.8. The Bertz CT molecular complexity index is 1220. The number of anilines is 2. The number of nitriles is 1. The van der Waals surface area contributed by atoms with Gasteiger partial charge in [-0.2, -0.15) is 5.26 Å². The molecular formula is C23H21N5OS. The van der Waals surface area contributed by atoms with Crippen molar-refractivity contribution in [2.24, 2.45) is 0 Å².